The number of nitrogens with zero attached hydrogens (tertiary/aromatic N) is 3. The number of para-hydroxylation sites is 3. The number of fused-ring (bicyclic) bond motifs is 7. The van der Waals surface area contributed by atoms with Crippen LogP contribution in [0.25, 0.3) is 44.2 Å². The van der Waals surface area contributed by atoms with Gasteiger partial charge >= 0.3 is 6.85 Å². The lowest BCUT2D eigenvalue weighted by Gasteiger charge is -2.46. The van der Waals surface area contributed by atoms with E-state index in [1.807, 2.05) is 0 Å². The topological polar surface area (TPSA) is 22.9 Å². The van der Waals surface area contributed by atoms with E-state index in [2.05, 4.69) is 236 Å². The molecule has 0 N–H and O–H groups in total. The van der Waals surface area contributed by atoms with Crippen LogP contribution >= 0.6 is 0 Å². The van der Waals surface area contributed by atoms with Gasteiger partial charge in [0.15, 0.2) is 0 Å². The van der Waals surface area contributed by atoms with Crippen LogP contribution in [-0.2, 0) is 12.8 Å². The van der Waals surface area contributed by atoms with E-state index in [4.69, 9.17) is 4.42 Å². The van der Waals surface area contributed by atoms with E-state index in [0.717, 1.165) is 76.1 Å². The highest BCUT2D eigenvalue weighted by Crippen LogP contribution is 2.51. The molecule has 0 aliphatic carbocycles. The summed E-state index contributed by atoms with van der Waals surface area (Å²) >= 11 is 0. The van der Waals surface area contributed by atoms with E-state index in [-0.39, 0.29) is 6.85 Å². The molecule has 4 nitrogen and oxygen atoms in total. The molecule has 0 spiro atoms. The highest BCUT2D eigenvalue weighted by molar-refractivity contribution is 6.93. The van der Waals surface area contributed by atoms with Crippen LogP contribution in [0.15, 0.2) is 205 Å². The Labute approximate surface area is 400 Å². The Morgan fingerprint density at radius 2 is 1.12 bits per heavy atom. The Bertz CT molecular complexity index is 3460. The van der Waals surface area contributed by atoms with Crippen LogP contribution in [-0.4, -0.2) is 6.85 Å². The minimum atomic E-state index is -0.157. The molecule has 0 unspecified atom stereocenters. The summed E-state index contributed by atoms with van der Waals surface area (Å²) in [6, 6.07) is 74.4. The van der Waals surface area contributed by atoms with Crippen LogP contribution in [0, 0.1) is 6.92 Å². The van der Waals surface area contributed by atoms with Crippen LogP contribution in [0.5, 0.6) is 0 Å². The maximum Gasteiger partial charge on any atom is 0.333 e. The van der Waals surface area contributed by atoms with E-state index >= 15 is 0 Å². The Morgan fingerprint density at radius 3 is 1.88 bits per heavy atom. The fourth-order valence-electron chi connectivity index (χ4n) is 11.0. The van der Waals surface area contributed by atoms with Gasteiger partial charge in [-0.1, -0.05) is 136 Å². The molecule has 0 amide bonds. The van der Waals surface area contributed by atoms with E-state index in [1.54, 1.807) is 0 Å². The fraction of sp³-hybridized carbons (Fsp3) is 0.143. The van der Waals surface area contributed by atoms with E-state index in [0.29, 0.717) is 0 Å². The van der Waals surface area contributed by atoms with Crippen molar-refractivity contribution in [2.45, 2.75) is 59.3 Å². The molecular formula is C63H54BN3O. The molecule has 0 bridgehead atoms. The van der Waals surface area contributed by atoms with Crippen molar-refractivity contribution in [1.29, 1.82) is 0 Å². The molecule has 0 atom stereocenters. The van der Waals surface area contributed by atoms with Crippen molar-refractivity contribution in [3.05, 3.63) is 217 Å². The molecule has 0 fully saturated rings. The van der Waals surface area contributed by atoms with Crippen molar-refractivity contribution in [3.63, 3.8) is 0 Å². The predicted octanol–water partition coefficient (Wildman–Crippen LogP) is 16.4. The van der Waals surface area contributed by atoms with Gasteiger partial charge in [0.25, 0.3) is 0 Å². The zero-order chi connectivity index (χ0) is 45.7. The van der Waals surface area contributed by atoms with Gasteiger partial charge in [0.05, 0.1) is 5.69 Å². The summed E-state index contributed by atoms with van der Waals surface area (Å²) in [6.45, 7) is 6.65. The van der Waals surface area contributed by atoms with E-state index in [1.165, 1.54) is 79.8 Å². The minimum Gasteiger partial charge on any atom is -0.456 e. The molecule has 5 heteroatoms. The maximum absolute atomic E-state index is 6.77. The van der Waals surface area contributed by atoms with Gasteiger partial charge in [-0.05, 0) is 162 Å². The molecule has 0 saturated heterocycles. The average molecular weight is 880 g/mol. The number of anilines is 8. The number of furan rings is 1. The number of rotatable bonds is 12. The summed E-state index contributed by atoms with van der Waals surface area (Å²) in [4.78, 5) is 7.59. The first-order valence-corrected chi connectivity index (χ1v) is 24.6. The largest absolute Gasteiger partial charge is 0.456 e. The molecule has 2 aliphatic heterocycles. The highest BCUT2D eigenvalue weighted by atomic mass is 16.3. The average Bonchev–Trinajstić information content (AvgIpc) is 3.75. The molecule has 2 aliphatic rings. The first-order chi connectivity index (χ1) is 33.6. The van der Waals surface area contributed by atoms with Gasteiger partial charge in [0.2, 0.25) is 0 Å². The van der Waals surface area contributed by atoms with Gasteiger partial charge in [-0.15, -0.1) is 0 Å². The molecule has 10 aromatic rings. The summed E-state index contributed by atoms with van der Waals surface area (Å²) in [5.41, 5.74) is 22.3. The highest BCUT2D eigenvalue weighted by Gasteiger charge is 2.46. The number of unbranched alkanes of at least 4 members (excludes halogenated alkanes) is 2. The second kappa shape index (κ2) is 17.5. The quantitative estimate of drug-likeness (QED) is 0.114. The normalized spacial score (nSPS) is 12.6. The third kappa shape index (κ3) is 7.16. The number of hydrogen-bond donors (Lipinski definition) is 0. The molecule has 0 radical (unpaired) electrons. The summed E-state index contributed by atoms with van der Waals surface area (Å²) in [5, 5.41) is 2.24. The van der Waals surface area contributed by atoms with Gasteiger partial charge in [-0.2, -0.15) is 0 Å². The van der Waals surface area contributed by atoms with Crippen molar-refractivity contribution in [2.24, 2.45) is 0 Å². The smallest absolute Gasteiger partial charge is 0.333 e. The number of benzene rings is 9. The van der Waals surface area contributed by atoms with E-state index < -0.39 is 0 Å². The Balaban J connectivity index is 1.14. The number of aryl methyl sites for hydroxylation is 3. The fourth-order valence-corrected chi connectivity index (χ4v) is 11.0. The standard InChI is InChI=1S/C63H54BN3O/c1-4-6-19-44-29-32-48(33-30-44)65(47-23-13-9-14-24-47)50-34-36-58-53(40-50)55-37-43(3)38-60-63(55)64(67(58)49-25-15-10-16-26-49)56-42-62-54(51-27-17-18-28-61(51)68-62)41-59(56)66(60)57-35-31-45(20-7-5-2)39-52(57)46-21-11-8-12-22-46/h8-18,21-42H,4-7,19-20H2,1-3H3. The lowest BCUT2D eigenvalue weighted by molar-refractivity contribution is 0.669. The first kappa shape index (κ1) is 41.7. The van der Waals surface area contributed by atoms with Crippen molar-refractivity contribution in [2.75, 3.05) is 14.6 Å². The Kier molecular flexibility index (Phi) is 10.7. The van der Waals surface area contributed by atoms with Crippen molar-refractivity contribution in [1.82, 2.24) is 0 Å². The van der Waals surface area contributed by atoms with Crippen molar-refractivity contribution in [3.8, 4) is 22.3 Å². The molecule has 9 aromatic carbocycles. The molecule has 0 saturated carbocycles. The Morgan fingerprint density at radius 1 is 0.471 bits per heavy atom. The number of hydrogen-bond acceptors (Lipinski definition) is 4. The Hall–Kier alpha value is -7.76. The van der Waals surface area contributed by atoms with Gasteiger partial charge in [-0.25, -0.2) is 0 Å². The third-order valence-corrected chi connectivity index (χ3v) is 14.2. The zero-order valence-corrected chi connectivity index (χ0v) is 39.1. The summed E-state index contributed by atoms with van der Waals surface area (Å²) < 4.78 is 6.77. The molecule has 12 rings (SSSR count). The van der Waals surface area contributed by atoms with Gasteiger partial charge in [0.1, 0.15) is 11.2 Å². The summed E-state index contributed by atoms with van der Waals surface area (Å²) in [6.07, 6.45) is 6.82. The van der Waals surface area contributed by atoms with Crippen molar-refractivity contribution < 1.29 is 4.42 Å². The van der Waals surface area contributed by atoms with Gasteiger partial charge < -0.3 is 19.0 Å². The van der Waals surface area contributed by atoms with E-state index in [9.17, 15) is 0 Å². The van der Waals surface area contributed by atoms with Gasteiger partial charge in [0, 0.05) is 61.7 Å². The lowest BCUT2D eigenvalue weighted by atomic mass is 9.43. The SMILES string of the molecule is CCCCc1ccc(N(c2ccccc2)c2ccc3c(c2)-c2cc(C)cc4c2B(c2cc5oc6ccccc6c5cc2N4c2ccc(CCCC)cc2-c2ccccc2)N3c2ccccc2)cc1. The maximum atomic E-state index is 6.77. The molecule has 1 aromatic heterocycles. The van der Waals surface area contributed by atoms with Crippen LogP contribution in [0.3, 0.4) is 0 Å². The van der Waals surface area contributed by atoms with Gasteiger partial charge in [-0.3, -0.25) is 0 Å². The molecule has 3 heterocycles. The predicted molar refractivity (Wildman–Crippen MR) is 290 cm³/mol. The molecule has 68 heavy (non-hydrogen) atoms. The van der Waals surface area contributed by atoms with Crippen LogP contribution < -0.4 is 25.5 Å². The second-order valence-corrected chi connectivity index (χ2v) is 18.7. The summed E-state index contributed by atoms with van der Waals surface area (Å²) in [7, 11) is 0. The van der Waals surface area contributed by atoms with Crippen LogP contribution in [0.4, 0.5) is 45.5 Å². The molecule has 330 valence electrons. The van der Waals surface area contributed by atoms with Crippen LogP contribution in [0.1, 0.15) is 56.2 Å². The molecular weight excluding hydrogens is 826 g/mol. The van der Waals surface area contributed by atoms with Crippen molar-refractivity contribution >= 4 is 85.2 Å². The second-order valence-electron chi connectivity index (χ2n) is 18.7. The third-order valence-electron chi connectivity index (χ3n) is 14.2. The zero-order valence-electron chi connectivity index (χ0n) is 39.1. The van der Waals surface area contributed by atoms with Crippen LogP contribution in [0.2, 0.25) is 0 Å². The lowest BCUT2D eigenvalue weighted by Crippen LogP contribution is -2.61. The minimum absolute atomic E-state index is 0.157. The summed E-state index contributed by atoms with van der Waals surface area (Å²) in [5.74, 6) is 0. The monoisotopic (exact) mass is 879 g/mol. The first-order valence-electron chi connectivity index (χ1n) is 24.6.